The normalized spacial score (nSPS) is 27.7. The van der Waals surface area contributed by atoms with Gasteiger partial charge in [-0.2, -0.15) is 0 Å². The Balaban J connectivity index is 1.85. The molecule has 10 heteroatoms. The van der Waals surface area contributed by atoms with Crippen LogP contribution in [0.15, 0.2) is 30.3 Å². The number of hydrogen-bond acceptors (Lipinski definition) is 7. The highest BCUT2D eigenvalue weighted by molar-refractivity contribution is 6.31. The molecular weight excluding hydrogens is 462 g/mol. The van der Waals surface area contributed by atoms with Gasteiger partial charge in [-0.15, -0.1) is 0 Å². The van der Waals surface area contributed by atoms with Gasteiger partial charge in [-0.3, -0.25) is 19.8 Å². The first-order chi connectivity index (χ1) is 16.3. The third-order valence-corrected chi connectivity index (χ3v) is 7.82. The maximum absolute atomic E-state index is 14.2. The lowest BCUT2D eigenvalue weighted by Crippen LogP contribution is -2.52. The number of rotatable bonds is 5. The van der Waals surface area contributed by atoms with Crippen LogP contribution in [0.3, 0.4) is 0 Å². The van der Waals surface area contributed by atoms with Crippen LogP contribution in [0.2, 0.25) is 5.02 Å². The topological polar surface area (TPSA) is 94.4 Å². The minimum Gasteiger partial charge on any atom is -0.493 e. The molecule has 4 atom stereocenters. The molecule has 0 aliphatic carbocycles. The number of likely N-dealkylation sites (N-methyl/N-ethyl adjacent to an activating group) is 1. The van der Waals surface area contributed by atoms with Crippen LogP contribution in [0, 0.1) is 10.1 Å². The second-order valence-electron chi connectivity index (χ2n) is 8.91. The summed E-state index contributed by atoms with van der Waals surface area (Å²) in [6, 6.07) is 7.38. The van der Waals surface area contributed by atoms with Gasteiger partial charge in [0, 0.05) is 34.8 Å². The number of nitro groups is 1. The Labute approximate surface area is 202 Å². The van der Waals surface area contributed by atoms with E-state index in [2.05, 4.69) is 0 Å². The van der Waals surface area contributed by atoms with Crippen LogP contribution in [-0.4, -0.2) is 62.7 Å². The molecule has 0 saturated carbocycles. The predicted octanol–water partition coefficient (Wildman–Crippen LogP) is 3.44. The largest absolute Gasteiger partial charge is 0.493 e. The van der Waals surface area contributed by atoms with E-state index in [1.807, 2.05) is 4.90 Å². The van der Waals surface area contributed by atoms with Gasteiger partial charge in [0.15, 0.2) is 11.5 Å². The van der Waals surface area contributed by atoms with Crippen LogP contribution in [0.4, 0.5) is 5.69 Å². The maximum Gasteiger partial charge on any atom is 0.252 e. The summed E-state index contributed by atoms with van der Waals surface area (Å²) in [5.41, 5.74) is 0.725. The fourth-order valence-electron chi connectivity index (χ4n) is 6.38. The lowest BCUT2D eigenvalue weighted by atomic mass is 9.73. The van der Waals surface area contributed by atoms with Crippen LogP contribution in [-0.2, 0) is 10.3 Å². The van der Waals surface area contributed by atoms with Crippen LogP contribution in [0.25, 0.3) is 0 Å². The number of carbonyl (C=O) groups is 1. The standard InChI is InChI=1S/C24H26ClN3O6/c1-26-16-8-7-14(25)12-15(16)24(23(26)29)20(21(28(30)31)17-6-5-9-27(17)24)13-10-18(32-2)22(34-4)19(11-13)33-3/h7-8,10-12,17,20-21H,5-6,9H2,1-4H3/t17-,20-,21+,24-/m0/s1. The Bertz CT molecular complexity index is 1160. The molecule has 0 aromatic heterocycles. The fourth-order valence-corrected chi connectivity index (χ4v) is 6.55. The summed E-state index contributed by atoms with van der Waals surface area (Å²) in [5, 5.41) is 13.1. The third-order valence-electron chi connectivity index (χ3n) is 7.59. The first kappa shape index (κ1) is 22.7. The lowest BCUT2D eigenvalue weighted by molar-refractivity contribution is -0.527. The highest BCUT2D eigenvalue weighted by atomic mass is 35.5. The molecule has 2 aromatic rings. The average Bonchev–Trinajstić information content (AvgIpc) is 3.46. The van der Waals surface area contributed by atoms with Crippen molar-refractivity contribution in [3.8, 4) is 17.2 Å². The van der Waals surface area contributed by atoms with E-state index < -0.39 is 17.5 Å². The van der Waals surface area contributed by atoms with Gasteiger partial charge in [0.1, 0.15) is 5.54 Å². The van der Waals surface area contributed by atoms with Gasteiger partial charge in [0.2, 0.25) is 11.8 Å². The predicted molar refractivity (Wildman–Crippen MR) is 126 cm³/mol. The Kier molecular flexibility index (Phi) is 5.37. The molecule has 5 rings (SSSR count). The molecule has 34 heavy (non-hydrogen) atoms. The van der Waals surface area contributed by atoms with E-state index in [1.165, 1.54) is 21.3 Å². The SMILES string of the molecule is COc1cc([C@H]2[C@H]([N+](=O)[O-])[C@@H]3CCCN3[C@]23C(=O)N(C)c2ccc(Cl)cc23)cc(OC)c1OC. The summed E-state index contributed by atoms with van der Waals surface area (Å²) in [4.78, 5) is 30.2. The van der Waals surface area contributed by atoms with E-state index in [4.69, 9.17) is 25.8 Å². The molecule has 9 nitrogen and oxygen atoms in total. The van der Waals surface area contributed by atoms with E-state index >= 15 is 0 Å². The van der Waals surface area contributed by atoms with E-state index in [-0.39, 0.29) is 16.9 Å². The summed E-state index contributed by atoms with van der Waals surface area (Å²) >= 11 is 6.41. The molecule has 2 aromatic carbocycles. The first-order valence-electron chi connectivity index (χ1n) is 11.1. The summed E-state index contributed by atoms with van der Waals surface area (Å²) < 4.78 is 16.6. The quantitative estimate of drug-likeness (QED) is 0.471. The monoisotopic (exact) mass is 487 g/mol. The Morgan fingerprint density at radius 3 is 2.38 bits per heavy atom. The van der Waals surface area contributed by atoms with Crippen molar-refractivity contribution in [3.63, 3.8) is 0 Å². The van der Waals surface area contributed by atoms with Crippen molar-refractivity contribution in [1.29, 1.82) is 0 Å². The fraction of sp³-hybridized carbons (Fsp3) is 0.458. The average molecular weight is 488 g/mol. The van der Waals surface area contributed by atoms with E-state index in [0.29, 0.717) is 52.1 Å². The Morgan fingerprint density at radius 2 is 1.79 bits per heavy atom. The number of carbonyl (C=O) groups excluding carboxylic acids is 1. The second kappa shape index (κ2) is 8.02. The van der Waals surface area contributed by atoms with Gasteiger partial charge in [-0.1, -0.05) is 11.6 Å². The van der Waals surface area contributed by atoms with E-state index in [9.17, 15) is 14.9 Å². The molecule has 3 aliphatic rings. The number of methoxy groups -OCH3 is 3. The summed E-state index contributed by atoms with van der Waals surface area (Å²) in [6.07, 6.45) is 1.42. The lowest BCUT2D eigenvalue weighted by Gasteiger charge is -2.37. The van der Waals surface area contributed by atoms with Gasteiger partial charge >= 0.3 is 0 Å². The zero-order valence-electron chi connectivity index (χ0n) is 19.4. The molecule has 2 saturated heterocycles. The highest BCUT2D eigenvalue weighted by Gasteiger charge is 2.72. The number of benzene rings is 2. The zero-order valence-corrected chi connectivity index (χ0v) is 20.2. The zero-order chi connectivity index (χ0) is 24.4. The van der Waals surface area contributed by atoms with Crippen molar-refractivity contribution >= 4 is 23.2 Å². The maximum atomic E-state index is 14.2. The molecule has 1 spiro atoms. The van der Waals surface area contributed by atoms with Gasteiger partial charge < -0.3 is 19.1 Å². The van der Waals surface area contributed by atoms with Crippen molar-refractivity contribution in [1.82, 2.24) is 4.90 Å². The molecule has 3 aliphatic heterocycles. The highest BCUT2D eigenvalue weighted by Crippen LogP contribution is 2.61. The molecule has 2 fully saturated rings. The molecule has 180 valence electrons. The Morgan fingerprint density at radius 1 is 1.12 bits per heavy atom. The minimum atomic E-state index is -1.27. The van der Waals surface area contributed by atoms with Crippen LogP contribution in [0.1, 0.15) is 29.9 Å². The summed E-state index contributed by atoms with van der Waals surface area (Å²) in [6.45, 7) is 0.585. The van der Waals surface area contributed by atoms with Crippen molar-refractivity contribution < 1.29 is 23.9 Å². The van der Waals surface area contributed by atoms with Crippen molar-refractivity contribution in [3.05, 3.63) is 56.6 Å². The number of anilines is 1. The number of halogens is 1. The van der Waals surface area contributed by atoms with Crippen LogP contribution in [0.5, 0.6) is 17.2 Å². The van der Waals surface area contributed by atoms with E-state index in [0.717, 1.165) is 6.42 Å². The van der Waals surface area contributed by atoms with Gasteiger partial charge in [0.05, 0.1) is 33.3 Å². The van der Waals surface area contributed by atoms with Crippen molar-refractivity contribution in [2.75, 3.05) is 39.8 Å². The number of hydrogen-bond donors (Lipinski definition) is 0. The van der Waals surface area contributed by atoms with Crippen LogP contribution >= 0.6 is 11.6 Å². The number of amides is 1. The molecule has 3 heterocycles. The number of nitrogens with zero attached hydrogens (tertiary/aromatic N) is 3. The van der Waals surface area contributed by atoms with Crippen molar-refractivity contribution in [2.24, 2.45) is 0 Å². The van der Waals surface area contributed by atoms with Gasteiger partial charge in [0.25, 0.3) is 5.91 Å². The van der Waals surface area contributed by atoms with Crippen LogP contribution < -0.4 is 19.1 Å². The molecule has 0 unspecified atom stereocenters. The smallest absolute Gasteiger partial charge is 0.252 e. The molecule has 0 radical (unpaired) electrons. The summed E-state index contributed by atoms with van der Waals surface area (Å²) in [5.74, 6) is 0.158. The van der Waals surface area contributed by atoms with Gasteiger partial charge in [-0.05, 0) is 48.7 Å². The Hall–Kier alpha value is -3.04. The van der Waals surface area contributed by atoms with Crippen molar-refractivity contribution in [2.45, 2.75) is 36.4 Å². The third kappa shape index (κ3) is 2.80. The minimum absolute atomic E-state index is 0.195. The summed E-state index contributed by atoms with van der Waals surface area (Å²) in [7, 11) is 6.21. The number of fused-ring (bicyclic) bond motifs is 4. The molecule has 0 bridgehead atoms. The second-order valence-corrected chi connectivity index (χ2v) is 9.34. The molecule has 0 N–H and O–H groups in total. The molecule has 1 amide bonds. The first-order valence-corrected chi connectivity index (χ1v) is 11.5. The van der Waals surface area contributed by atoms with E-state index in [1.54, 1.807) is 42.3 Å². The molecular formula is C24H26ClN3O6. The number of ether oxygens (including phenoxy) is 3. The van der Waals surface area contributed by atoms with Gasteiger partial charge in [-0.25, -0.2) is 0 Å².